The van der Waals surface area contributed by atoms with Crippen LogP contribution in [0.15, 0.2) is 0 Å². The van der Waals surface area contributed by atoms with Gasteiger partial charge in [-0.05, 0) is 0 Å². The Morgan fingerprint density at radius 3 is 0.909 bits per heavy atom. The van der Waals surface area contributed by atoms with Gasteiger partial charge in [-0.25, -0.2) is 0 Å². The number of rotatable bonds is 0. The van der Waals surface area contributed by atoms with Crippen LogP contribution < -0.4 is 0 Å². The minimum atomic E-state index is -2.16. The first-order valence-corrected chi connectivity index (χ1v) is 7.90. The van der Waals surface area contributed by atoms with Crippen molar-refractivity contribution in [2.24, 2.45) is 0 Å². The second kappa shape index (κ2) is 3.05. The first-order chi connectivity index (χ1) is 4.50. The third-order valence-electron chi connectivity index (χ3n) is 1.88. The minimum absolute atomic E-state index is 0.0500. The van der Waals surface area contributed by atoms with Crippen LogP contribution in [0.2, 0.25) is 0 Å². The Hall–Kier alpha value is 1.01. The summed E-state index contributed by atoms with van der Waals surface area (Å²) in [6, 6.07) is 0. The van der Waals surface area contributed by atoms with Crippen molar-refractivity contribution < 1.29 is 0 Å². The van der Waals surface area contributed by atoms with E-state index in [9.17, 15) is 0 Å². The number of hydrogen-bond acceptors (Lipinski definition) is 0. The van der Waals surface area contributed by atoms with E-state index in [1.165, 1.54) is 0 Å². The average Bonchev–Trinajstić information content (AvgIpc) is 1.58. The van der Waals surface area contributed by atoms with Crippen molar-refractivity contribution in [2.75, 3.05) is 0 Å². The molecule has 0 rings (SSSR count). The molecule has 0 aromatic carbocycles. The topological polar surface area (TPSA) is 0 Å². The molecule has 0 radical (unpaired) electrons. The van der Waals surface area contributed by atoms with Gasteiger partial charge in [-0.15, -0.1) is 0 Å². The third kappa shape index (κ3) is 2.47. The molecule has 0 aromatic heterocycles. The molecule has 0 aromatic rings. The van der Waals surface area contributed by atoms with E-state index in [2.05, 4.69) is 41.5 Å². The van der Waals surface area contributed by atoms with Gasteiger partial charge in [0.15, 0.2) is 0 Å². The zero-order chi connectivity index (χ0) is 9.50. The van der Waals surface area contributed by atoms with Gasteiger partial charge in [0.2, 0.25) is 0 Å². The van der Waals surface area contributed by atoms with Crippen LogP contribution in [0, 0.1) is 0 Å². The standard InChI is InChI=1S/C8H19Cl2P/c1-7(2,3)11(9,10)8(4,5)6/h11H,1-6H3. The molecule has 0 saturated heterocycles. The summed E-state index contributed by atoms with van der Waals surface area (Å²) in [5.74, 6) is -2.16. The van der Waals surface area contributed by atoms with Gasteiger partial charge in [-0.3, -0.25) is 0 Å². The molecule has 0 spiro atoms. The van der Waals surface area contributed by atoms with Crippen molar-refractivity contribution in [1.82, 2.24) is 0 Å². The van der Waals surface area contributed by atoms with Crippen LogP contribution in [-0.2, 0) is 0 Å². The molecule has 0 unspecified atom stereocenters. The van der Waals surface area contributed by atoms with Crippen molar-refractivity contribution in [2.45, 2.75) is 51.9 Å². The molecule has 11 heavy (non-hydrogen) atoms. The molecule has 0 bridgehead atoms. The Balaban J connectivity index is 4.75. The normalized spacial score (nSPS) is 16.7. The van der Waals surface area contributed by atoms with E-state index in [-0.39, 0.29) is 10.3 Å². The van der Waals surface area contributed by atoms with Gasteiger partial charge in [-0.1, -0.05) is 0 Å². The Bertz CT molecular complexity index is 123. The first kappa shape index (κ1) is 12.0. The fraction of sp³-hybridized carbons (Fsp3) is 1.00. The van der Waals surface area contributed by atoms with E-state index >= 15 is 0 Å². The SMILES string of the molecule is CC(C)(C)[PH](Cl)(Cl)C(C)(C)C. The van der Waals surface area contributed by atoms with Crippen molar-refractivity contribution in [3.63, 3.8) is 0 Å². The summed E-state index contributed by atoms with van der Waals surface area (Å²) < 4.78 is 0. The van der Waals surface area contributed by atoms with Crippen LogP contribution in [0.25, 0.3) is 0 Å². The van der Waals surface area contributed by atoms with E-state index in [4.69, 9.17) is 22.5 Å². The molecule has 0 fully saturated rings. The van der Waals surface area contributed by atoms with Crippen LogP contribution in [0.5, 0.6) is 0 Å². The van der Waals surface area contributed by atoms with Crippen molar-refractivity contribution in [1.29, 1.82) is 0 Å². The third-order valence-corrected chi connectivity index (χ3v) is 12.5. The Labute approximate surface area is 80.6 Å². The van der Waals surface area contributed by atoms with Crippen LogP contribution in [-0.4, -0.2) is 10.3 Å². The second-order valence-corrected chi connectivity index (χ2v) is 13.2. The summed E-state index contributed by atoms with van der Waals surface area (Å²) in [7, 11) is 0. The molecule has 0 N–H and O–H groups in total. The predicted molar refractivity (Wildman–Crippen MR) is 59.5 cm³/mol. The summed E-state index contributed by atoms with van der Waals surface area (Å²) >= 11 is 12.8. The molecule has 0 nitrogen and oxygen atoms in total. The van der Waals surface area contributed by atoms with Gasteiger partial charge in [0.1, 0.15) is 0 Å². The van der Waals surface area contributed by atoms with Gasteiger partial charge in [0, 0.05) is 0 Å². The van der Waals surface area contributed by atoms with Gasteiger partial charge in [0.25, 0.3) is 0 Å². The Kier molecular flexibility index (Phi) is 3.33. The van der Waals surface area contributed by atoms with E-state index in [1.54, 1.807) is 0 Å². The van der Waals surface area contributed by atoms with Crippen molar-refractivity contribution >= 4 is 28.4 Å². The van der Waals surface area contributed by atoms with Crippen LogP contribution in [0.4, 0.5) is 0 Å². The maximum absolute atomic E-state index is 6.39. The molecule has 0 atom stereocenters. The average molecular weight is 217 g/mol. The van der Waals surface area contributed by atoms with Crippen molar-refractivity contribution in [3.8, 4) is 0 Å². The molecule has 3 heteroatoms. The fourth-order valence-electron chi connectivity index (χ4n) is 1.12. The maximum atomic E-state index is 6.39. The monoisotopic (exact) mass is 216 g/mol. The van der Waals surface area contributed by atoms with Crippen LogP contribution in [0.3, 0.4) is 0 Å². The summed E-state index contributed by atoms with van der Waals surface area (Å²) in [5.41, 5.74) is 0. The van der Waals surface area contributed by atoms with E-state index in [0.29, 0.717) is 0 Å². The molecular weight excluding hydrogens is 198 g/mol. The summed E-state index contributed by atoms with van der Waals surface area (Å²) in [4.78, 5) is 0. The van der Waals surface area contributed by atoms with Gasteiger partial charge in [-0.2, -0.15) is 0 Å². The molecule has 70 valence electrons. The molecule has 0 heterocycles. The molecule has 0 aliphatic heterocycles. The molecule has 0 amide bonds. The Morgan fingerprint density at radius 1 is 0.727 bits per heavy atom. The van der Waals surface area contributed by atoms with Crippen LogP contribution in [0.1, 0.15) is 41.5 Å². The van der Waals surface area contributed by atoms with E-state index in [1.807, 2.05) is 0 Å². The molecule has 0 aliphatic carbocycles. The van der Waals surface area contributed by atoms with Crippen molar-refractivity contribution in [3.05, 3.63) is 0 Å². The van der Waals surface area contributed by atoms with Gasteiger partial charge < -0.3 is 0 Å². The second-order valence-electron chi connectivity index (χ2n) is 5.07. The summed E-state index contributed by atoms with van der Waals surface area (Å²) in [6.45, 7) is 12.7. The Morgan fingerprint density at radius 2 is 0.909 bits per heavy atom. The van der Waals surface area contributed by atoms with E-state index in [0.717, 1.165) is 0 Å². The molecule has 0 aliphatic rings. The first-order valence-electron chi connectivity index (χ1n) is 3.88. The summed E-state index contributed by atoms with van der Waals surface area (Å²) in [5, 5.41) is 0.0999. The zero-order valence-corrected chi connectivity index (χ0v) is 10.8. The molecular formula is C8H19Cl2P. The van der Waals surface area contributed by atoms with Crippen LogP contribution >= 0.6 is 28.4 Å². The summed E-state index contributed by atoms with van der Waals surface area (Å²) in [6.07, 6.45) is 0. The quantitative estimate of drug-likeness (QED) is 0.518. The van der Waals surface area contributed by atoms with E-state index < -0.39 is 5.97 Å². The van der Waals surface area contributed by atoms with Gasteiger partial charge in [0.05, 0.1) is 0 Å². The fourth-order valence-corrected chi connectivity index (χ4v) is 3.38. The molecule has 0 saturated carbocycles. The number of halogens is 2. The van der Waals surface area contributed by atoms with Gasteiger partial charge >= 0.3 is 80.3 Å². The predicted octanol–water partition coefficient (Wildman–Crippen LogP) is 4.64. The zero-order valence-electron chi connectivity index (χ0n) is 8.26. The number of hydrogen-bond donors (Lipinski definition) is 0.